The summed E-state index contributed by atoms with van der Waals surface area (Å²) < 4.78 is 5.68. The normalized spacial score (nSPS) is 17.7. The third-order valence-electron chi connectivity index (χ3n) is 9.24. The first-order valence-electron chi connectivity index (χ1n) is 16.2. The average Bonchev–Trinajstić information content (AvgIpc) is 3.69. The standard InChI is InChI=1S/C38H38Cl3N3O3/c1-47-38-24(5-2-6-27-15-18-35(46)43-27)14-17-34(44-38)32-10-4-9-31(37(32)41)30-8-3-7-29(36(30)40)25-12-13-26(33(39)20-25)22-42-21-23-11-16-28(45)19-23/h3-4,7-10,12-14,17,20,23,27,42H,2,5-6,11,15-16,18-19,21-22H2,1H3,(H,43,46)/t23-,27-/m1/s1. The maximum Gasteiger partial charge on any atom is 0.220 e. The van der Waals surface area contributed by atoms with Gasteiger partial charge in [-0.25, -0.2) is 4.98 Å². The third-order valence-corrected chi connectivity index (χ3v) is 10.4. The van der Waals surface area contributed by atoms with E-state index >= 15 is 0 Å². The summed E-state index contributed by atoms with van der Waals surface area (Å²) in [5.74, 6) is 1.48. The number of rotatable bonds is 12. The maximum atomic E-state index is 11.6. The number of benzene rings is 3. The highest BCUT2D eigenvalue weighted by Crippen LogP contribution is 2.43. The van der Waals surface area contributed by atoms with Gasteiger partial charge in [-0.2, -0.15) is 0 Å². The summed E-state index contributed by atoms with van der Waals surface area (Å²) in [4.78, 5) is 27.9. The van der Waals surface area contributed by atoms with Crippen LogP contribution in [0.15, 0.2) is 66.7 Å². The summed E-state index contributed by atoms with van der Waals surface area (Å²) >= 11 is 20.9. The number of carbonyl (C=O) groups is 2. The number of amides is 1. The predicted molar refractivity (Wildman–Crippen MR) is 190 cm³/mol. The molecular formula is C38H38Cl3N3O3. The van der Waals surface area contributed by atoms with Crippen molar-refractivity contribution in [2.45, 2.75) is 64.0 Å². The summed E-state index contributed by atoms with van der Waals surface area (Å²) in [6.45, 7) is 1.45. The van der Waals surface area contributed by atoms with Crippen LogP contribution >= 0.6 is 34.8 Å². The van der Waals surface area contributed by atoms with E-state index in [1.54, 1.807) is 7.11 Å². The molecule has 6 nitrogen and oxygen atoms in total. The van der Waals surface area contributed by atoms with Crippen LogP contribution in [0.1, 0.15) is 56.1 Å². The van der Waals surface area contributed by atoms with Crippen molar-refractivity contribution in [3.63, 3.8) is 0 Å². The fourth-order valence-corrected chi connectivity index (χ4v) is 7.56. The number of nitrogens with one attached hydrogen (secondary N) is 2. The van der Waals surface area contributed by atoms with Crippen LogP contribution in [-0.4, -0.2) is 36.4 Å². The maximum absolute atomic E-state index is 11.6. The average molecular weight is 691 g/mol. The molecule has 1 aliphatic heterocycles. The number of aromatic nitrogens is 1. The largest absolute Gasteiger partial charge is 0.481 e. The molecule has 0 spiro atoms. The van der Waals surface area contributed by atoms with Crippen molar-refractivity contribution in [3.05, 3.63) is 92.9 Å². The van der Waals surface area contributed by atoms with Gasteiger partial charge >= 0.3 is 0 Å². The molecule has 1 amide bonds. The number of halogens is 3. The lowest BCUT2D eigenvalue weighted by Crippen LogP contribution is -2.25. The van der Waals surface area contributed by atoms with Gasteiger partial charge in [0.1, 0.15) is 5.78 Å². The van der Waals surface area contributed by atoms with Crippen LogP contribution in [0.3, 0.4) is 0 Å². The van der Waals surface area contributed by atoms with Crippen LogP contribution in [0.5, 0.6) is 5.88 Å². The van der Waals surface area contributed by atoms with Crippen molar-refractivity contribution in [2.75, 3.05) is 13.7 Å². The molecule has 9 heteroatoms. The highest BCUT2D eigenvalue weighted by atomic mass is 35.5. The molecule has 3 aromatic carbocycles. The molecule has 1 aliphatic carbocycles. The van der Waals surface area contributed by atoms with E-state index in [0.29, 0.717) is 64.2 Å². The highest BCUT2D eigenvalue weighted by Gasteiger charge is 2.22. The van der Waals surface area contributed by atoms with Gasteiger partial charge in [0.15, 0.2) is 0 Å². The summed E-state index contributed by atoms with van der Waals surface area (Å²) in [5, 5.41) is 8.29. The van der Waals surface area contributed by atoms with Crippen LogP contribution in [0.4, 0.5) is 0 Å². The van der Waals surface area contributed by atoms with Crippen LogP contribution in [0.25, 0.3) is 33.5 Å². The Hall–Kier alpha value is -3.42. The summed E-state index contributed by atoms with van der Waals surface area (Å²) in [6, 6.07) is 22.1. The van der Waals surface area contributed by atoms with E-state index in [1.807, 2.05) is 66.7 Å². The zero-order chi connectivity index (χ0) is 32.9. The minimum absolute atomic E-state index is 0.142. The number of pyridine rings is 1. The van der Waals surface area contributed by atoms with Gasteiger partial charge in [-0.05, 0) is 67.8 Å². The Morgan fingerprint density at radius 1 is 0.872 bits per heavy atom. The molecule has 2 heterocycles. The Bertz CT molecular complexity index is 1790. The number of ether oxygens (including phenoxy) is 1. The molecule has 4 aromatic rings. The highest BCUT2D eigenvalue weighted by molar-refractivity contribution is 6.39. The fraction of sp³-hybridized carbons (Fsp3) is 0.342. The molecule has 1 saturated heterocycles. The van der Waals surface area contributed by atoms with Crippen LogP contribution in [-0.2, 0) is 22.6 Å². The summed E-state index contributed by atoms with van der Waals surface area (Å²) in [7, 11) is 1.63. The van der Waals surface area contributed by atoms with E-state index in [2.05, 4.69) is 10.6 Å². The van der Waals surface area contributed by atoms with Crippen molar-refractivity contribution in [3.8, 4) is 39.4 Å². The van der Waals surface area contributed by atoms with Crippen molar-refractivity contribution in [2.24, 2.45) is 5.92 Å². The number of Topliss-reactive ketones (excluding diaryl/α,β-unsaturated/α-hetero) is 1. The first kappa shape index (κ1) is 33.5. The predicted octanol–water partition coefficient (Wildman–Crippen LogP) is 9.11. The van der Waals surface area contributed by atoms with Gasteiger partial charge in [0.25, 0.3) is 0 Å². The van der Waals surface area contributed by atoms with E-state index in [1.165, 1.54) is 0 Å². The molecule has 2 N–H and O–H groups in total. The zero-order valence-electron chi connectivity index (χ0n) is 26.4. The molecule has 244 valence electrons. The van der Waals surface area contributed by atoms with Crippen LogP contribution < -0.4 is 15.4 Å². The first-order valence-corrected chi connectivity index (χ1v) is 17.4. The summed E-state index contributed by atoms with van der Waals surface area (Å²) in [6.07, 6.45) is 6.52. The number of hydrogen-bond acceptors (Lipinski definition) is 5. The molecule has 1 saturated carbocycles. The van der Waals surface area contributed by atoms with Gasteiger partial charge in [-0.1, -0.05) is 89.4 Å². The quantitative estimate of drug-likeness (QED) is 0.155. The molecule has 2 fully saturated rings. The topological polar surface area (TPSA) is 80.3 Å². The molecule has 2 aliphatic rings. The lowest BCUT2D eigenvalue weighted by atomic mass is 9.96. The number of carbonyl (C=O) groups excluding carboxylic acids is 2. The van der Waals surface area contributed by atoms with E-state index in [4.69, 9.17) is 44.5 Å². The second-order valence-corrected chi connectivity index (χ2v) is 13.6. The van der Waals surface area contributed by atoms with Crippen LogP contribution in [0, 0.1) is 5.92 Å². The summed E-state index contributed by atoms with van der Waals surface area (Å²) in [5.41, 5.74) is 6.90. The lowest BCUT2D eigenvalue weighted by molar-refractivity contribution is -0.119. The molecule has 1 aromatic heterocycles. The van der Waals surface area contributed by atoms with Crippen molar-refractivity contribution in [1.82, 2.24) is 15.6 Å². The number of ketones is 1. The van der Waals surface area contributed by atoms with E-state index in [9.17, 15) is 9.59 Å². The number of methoxy groups -OCH3 is 1. The minimum atomic E-state index is 0.142. The van der Waals surface area contributed by atoms with Gasteiger partial charge < -0.3 is 15.4 Å². The van der Waals surface area contributed by atoms with Gasteiger partial charge in [0, 0.05) is 64.7 Å². The smallest absolute Gasteiger partial charge is 0.220 e. The SMILES string of the molecule is COc1nc(-c2cccc(-c3cccc(-c4ccc(CNC[C@@H]5CCC(=O)C5)c(Cl)c4)c3Cl)c2Cl)ccc1CCC[C@@H]1CCC(=O)N1. The number of nitrogens with zero attached hydrogens (tertiary/aromatic N) is 1. The molecule has 2 atom stereocenters. The van der Waals surface area contributed by atoms with Crippen molar-refractivity contribution in [1.29, 1.82) is 0 Å². The molecule has 0 unspecified atom stereocenters. The van der Waals surface area contributed by atoms with Crippen molar-refractivity contribution < 1.29 is 14.3 Å². The Morgan fingerprint density at radius 2 is 1.60 bits per heavy atom. The van der Waals surface area contributed by atoms with Gasteiger partial charge in [-0.3, -0.25) is 9.59 Å². The monoisotopic (exact) mass is 689 g/mol. The molecule has 47 heavy (non-hydrogen) atoms. The number of hydrogen-bond donors (Lipinski definition) is 2. The molecule has 6 rings (SSSR count). The fourth-order valence-electron chi connectivity index (χ4n) is 6.65. The molecular weight excluding hydrogens is 653 g/mol. The Morgan fingerprint density at radius 3 is 2.28 bits per heavy atom. The van der Waals surface area contributed by atoms with E-state index < -0.39 is 0 Å². The van der Waals surface area contributed by atoms with Gasteiger partial charge in [0.05, 0.1) is 22.8 Å². The number of aryl methyl sites for hydroxylation is 1. The lowest BCUT2D eigenvalue weighted by Gasteiger charge is -2.16. The Balaban J connectivity index is 1.19. The molecule has 0 radical (unpaired) electrons. The molecule has 0 bridgehead atoms. The second-order valence-electron chi connectivity index (χ2n) is 12.5. The van der Waals surface area contributed by atoms with Gasteiger partial charge in [-0.15, -0.1) is 0 Å². The van der Waals surface area contributed by atoms with Crippen LogP contribution in [0.2, 0.25) is 15.1 Å². The Kier molecular flexibility index (Phi) is 10.8. The minimum Gasteiger partial charge on any atom is -0.481 e. The third kappa shape index (κ3) is 7.84. The first-order chi connectivity index (χ1) is 22.8. The van der Waals surface area contributed by atoms with Gasteiger partial charge in [0.2, 0.25) is 11.8 Å². The zero-order valence-corrected chi connectivity index (χ0v) is 28.7. The second kappa shape index (κ2) is 15.2. The van der Waals surface area contributed by atoms with Crippen molar-refractivity contribution >= 4 is 46.5 Å². The van der Waals surface area contributed by atoms with E-state index in [-0.39, 0.29) is 11.9 Å². The Labute approximate surface area is 291 Å². The van der Waals surface area contributed by atoms with E-state index in [0.717, 1.165) is 77.6 Å².